The van der Waals surface area contributed by atoms with E-state index in [4.69, 9.17) is 6.42 Å². The van der Waals surface area contributed by atoms with Crippen molar-refractivity contribution in [3.8, 4) is 12.3 Å². The summed E-state index contributed by atoms with van der Waals surface area (Å²) in [5, 5.41) is 3.02. The monoisotopic (exact) mass is 161 g/mol. The van der Waals surface area contributed by atoms with Crippen molar-refractivity contribution < 1.29 is 0 Å². The van der Waals surface area contributed by atoms with E-state index < -0.39 is 0 Å². The average Bonchev–Trinajstić information content (AvgIpc) is 2.08. The standard InChI is InChI=1S/C9H11N3/c1-4-5-10-9-7(2)8(3)11-6-12-9/h1,6H,5H2,2-3H3,(H,10,11,12). The van der Waals surface area contributed by atoms with Crippen molar-refractivity contribution in [1.82, 2.24) is 9.97 Å². The maximum Gasteiger partial charge on any atom is 0.133 e. The first-order valence-electron chi connectivity index (χ1n) is 3.71. The number of anilines is 1. The zero-order valence-corrected chi connectivity index (χ0v) is 7.26. The molecule has 1 aromatic heterocycles. The molecule has 1 N–H and O–H groups in total. The minimum absolute atomic E-state index is 0.497. The van der Waals surface area contributed by atoms with Crippen LogP contribution in [0.4, 0.5) is 5.82 Å². The van der Waals surface area contributed by atoms with Crippen molar-refractivity contribution in [2.75, 3.05) is 11.9 Å². The molecule has 0 aliphatic heterocycles. The molecule has 0 unspecified atom stereocenters. The summed E-state index contributed by atoms with van der Waals surface area (Å²) in [6.07, 6.45) is 6.64. The van der Waals surface area contributed by atoms with Crippen LogP contribution in [-0.2, 0) is 0 Å². The molecule has 0 bridgehead atoms. The Kier molecular flexibility index (Phi) is 2.65. The van der Waals surface area contributed by atoms with Crippen LogP contribution in [0, 0.1) is 26.2 Å². The van der Waals surface area contributed by atoms with Gasteiger partial charge in [0.25, 0.3) is 0 Å². The molecule has 0 saturated heterocycles. The topological polar surface area (TPSA) is 37.8 Å². The van der Waals surface area contributed by atoms with E-state index in [9.17, 15) is 0 Å². The Morgan fingerprint density at radius 2 is 2.25 bits per heavy atom. The van der Waals surface area contributed by atoms with Crippen molar-refractivity contribution in [2.24, 2.45) is 0 Å². The van der Waals surface area contributed by atoms with Gasteiger partial charge < -0.3 is 5.32 Å². The Morgan fingerprint density at radius 1 is 1.50 bits per heavy atom. The Labute approximate surface area is 72.2 Å². The summed E-state index contributed by atoms with van der Waals surface area (Å²) in [6.45, 7) is 4.41. The molecule has 0 saturated carbocycles. The predicted molar refractivity (Wildman–Crippen MR) is 48.8 cm³/mol. The minimum Gasteiger partial charge on any atom is -0.359 e. The van der Waals surface area contributed by atoms with Crippen LogP contribution in [0.3, 0.4) is 0 Å². The quantitative estimate of drug-likeness (QED) is 0.661. The van der Waals surface area contributed by atoms with Crippen molar-refractivity contribution in [3.63, 3.8) is 0 Å². The first-order chi connectivity index (χ1) is 5.75. The third-order valence-corrected chi connectivity index (χ3v) is 1.69. The summed E-state index contributed by atoms with van der Waals surface area (Å²) in [6, 6.07) is 0. The van der Waals surface area contributed by atoms with Gasteiger partial charge in [-0.15, -0.1) is 6.42 Å². The molecular weight excluding hydrogens is 150 g/mol. The molecule has 1 rings (SSSR count). The number of nitrogens with zero attached hydrogens (tertiary/aromatic N) is 2. The van der Waals surface area contributed by atoms with E-state index in [-0.39, 0.29) is 0 Å². The van der Waals surface area contributed by atoms with Crippen LogP contribution in [0.2, 0.25) is 0 Å². The van der Waals surface area contributed by atoms with Crippen molar-refractivity contribution in [1.29, 1.82) is 0 Å². The van der Waals surface area contributed by atoms with Gasteiger partial charge in [0.2, 0.25) is 0 Å². The molecule has 1 heterocycles. The van der Waals surface area contributed by atoms with Crippen LogP contribution in [0.25, 0.3) is 0 Å². The molecule has 62 valence electrons. The van der Waals surface area contributed by atoms with E-state index in [1.54, 1.807) is 0 Å². The zero-order valence-electron chi connectivity index (χ0n) is 7.26. The fourth-order valence-electron chi connectivity index (χ4n) is 0.851. The van der Waals surface area contributed by atoms with Crippen LogP contribution in [0.15, 0.2) is 6.33 Å². The van der Waals surface area contributed by atoms with Crippen LogP contribution in [-0.4, -0.2) is 16.5 Å². The Morgan fingerprint density at radius 3 is 2.92 bits per heavy atom. The van der Waals surface area contributed by atoms with Crippen molar-refractivity contribution in [2.45, 2.75) is 13.8 Å². The fourth-order valence-corrected chi connectivity index (χ4v) is 0.851. The van der Waals surface area contributed by atoms with Crippen LogP contribution in [0.5, 0.6) is 0 Å². The Hall–Kier alpha value is -1.56. The molecule has 0 fully saturated rings. The third kappa shape index (κ3) is 1.73. The van der Waals surface area contributed by atoms with Gasteiger partial charge in [0, 0.05) is 11.3 Å². The number of terminal acetylenes is 1. The SMILES string of the molecule is C#CCNc1ncnc(C)c1C. The molecule has 0 amide bonds. The second kappa shape index (κ2) is 3.72. The smallest absolute Gasteiger partial charge is 0.133 e. The molecule has 3 nitrogen and oxygen atoms in total. The number of hydrogen-bond donors (Lipinski definition) is 1. The Balaban J connectivity index is 2.86. The lowest BCUT2D eigenvalue weighted by molar-refractivity contribution is 1.05. The van der Waals surface area contributed by atoms with Gasteiger partial charge in [0.1, 0.15) is 12.1 Å². The lowest BCUT2D eigenvalue weighted by Crippen LogP contribution is -2.04. The molecule has 1 aromatic rings. The maximum absolute atomic E-state index is 5.11. The Bertz CT molecular complexity index is 312. The van der Waals surface area contributed by atoms with Crippen LogP contribution in [0.1, 0.15) is 11.3 Å². The van der Waals surface area contributed by atoms with Gasteiger partial charge >= 0.3 is 0 Å². The van der Waals surface area contributed by atoms with Crippen molar-refractivity contribution in [3.05, 3.63) is 17.6 Å². The molecule has 0 aromatic carbocycles. The lowest BCUT2D eigenvalue weighted by Gasteiger charge is -2.05. The van der Waals surface area contributed by atoms with E-state index in [1.807, 2.05) is 13.8 Å². The summed E-state index contributed by atoms with van der Waals surface area (Å²) in [7, 11) is 0. The van der Waals surface area contributed by atoms with Gasteiger partial charge in [0.05, 0.1) is 6.54 Å². The fraction of sp³-hybridized carbons (Fsp3) is 0.333. The van der Waals surface area contributed by atoms with Gasteiger partial charge in [-0.2, -0.15) is 0 Å². The van der Waals surface area contributed by atoms with Gasteiger partial charge in [-0.1, -0.05) is 5.92 Å². The zero-order chi connectivity index (χ0) is 8.97. The van der Waals surface area contributed by atoms with E-state index in [2.05, 4.69) is 21.2 Å². The molecule has 3 heteroatoms. The van der Waals surface area contributed by atoms with E-state index in [1.165, 1.54) is 6.33 Å². The largest absolute Gasteiger partial charge is 0.359 e. The predicted octanol–water partition coefficient (Wildman–Crippen LogP) is 1.14. The van der Waals surface area contributed by atoms with Gasteiger partial charge in [-0.3, -0.25) is 0 Å². The molecule has 0 aliphatic rings. The number of nitrogens with one attached hydrogen (secondary N) is 1. The van der Waals surface area contributed by atoms with Crippen LogP contribution < -0.4 is 5.32 Å². The molecule has 0 atom stereocenters. The second-order valence-corrected chi connectivity index (χ2v) is 2.49. The summed E-state index contributed by atoms with van der Waals surface area (Å²) >= 11 is 0. The maximum atomic E-state index is 5.11. The number of aryl methyl sites for hydroxylation is 1. The van der Waals surface area contributed by atoms with E-state index >= 15 is 0 Å². The summed E-state index contributed by atoms with van der Waals surface area (Å²) in [5.41, 5.74) is 2.03. The highest BCUT2D eigenvalue weighted by atomic mass is 15.0. The van der Waals surface area contributed by atoms with E-state index in [0.29, 0.717) is 6.54 Å². The third-order valence-electron chi connectivity index (χ3n) is 1.69. The summed E-state index contributed by atoms with van der Waals surface area (Å²) in [5.74, 6) is 3.31. The first-order valence-corrected chi connectivity index (χ1v) is 3.71. The minimum atomic E-state index is 0.497. The summed E-state index contributed by atoms with van der Waals surface area (Å²) < 4.78 is 0. The normalized spacial score (nSPS) is 9.08. The van der Waals surface area contributed by atoms with Gasteiger partial charge in [0.15, 0.2) is 0 Å². The molecule has 0 radical (unpaired) electrons. The highest BCUT2D eigenvalue weighted by molar-refractivity contribution is 5.45. The van der Waals surface area contributed by atoms with Crippen LogP contribution >= 0.6 is 0 Å². The van der Waals surface area contributed by atoms with E-state index in [0.717, 1.165) is 17.1 Å². The molecule has 0 spiro atoms. The average molecular weight is 161 g/mol. The molecule has 0 aliphatic carbocycles. The number of hydrogen-bond acceptors (Lipinski definition) is 3. The first kappa shape index (κ1) is 8.54. The second-order valence-electron chi connectivity index (χ2n) is 2.49. The lowest BCUT2D eigenvalue weighted by atomic mass is 10.2. The van der Waals surface area contributed by atoms with Crippen molar-refractivity contribution >= 4 is 5.82 Å². The summed E-state index contributed by atoms with van der Waals surface area (Å²) in [4.78, 5) is 8.10. The molecule has 12 heavy (non-hydrogen) atoms. The van der Waals surface area contributed by atoms with Gasteiger partial charge in [-0.25, -0.2) is 9.97 Å². The number of aromatic nitrogens is 2. The number of rotatable bonds is 2. The van der Waals surface area contributed by atoms with Gasteiger partial charge in [-0.05, 0) is 13.8 Å². The highest BCUT2D eigenvalue weighted by Crippen LogP contribution is 2.11. The molecular formula is C9H11N3. The highest BCUT2D eigenvalue weighted by Gasteiger charge is 2.00.